The van der Waals surface area contributed by atoms with Crippen molar-refractivity contribution in [2.75, 3.05) is 13.1 Å². The first-order valence-corrected chi connectivity index (χ1v) is 20.6. The number of carbonyl (C=O) groups excluding carboxylic acids is 1. The molecule has 0 aliphatic carbocycles. The normalized spacial score (nSPS) is 11.8. The SMILES string of the molecule is CCN(CC)C(=O)c1ccccc1Sc1cc(C)c([N+]#N)cc1C.Cc1cc(Sc2ccc(Cl)cc2)c(C)cc1[N+]#N.FP(F)(F)(F)F.FP(F)(F)(F)F.[F-].[F-]. The van der Waals surface area contributed by atoms with E-state index in [1.54, 1.807) is 23.5 Å². The first-order chi connectivity index (χ1) is 24.6. The molecule has 4 aromatic carbocycles. The van der Waals surface area contributed by atoms with Crippen molar-refractivity contribution in [1.82, 2.24) is 4.90 Å². The molecular formula is C33H34ClF12N5OP2S2. The maximum absolute atomic E-state index is 12.7. The maximum Gasteiger partial charge on any atom is -1.00 e. The van der Waals surface area contributed by atoms with E-state index < -0.39 is 16.3 Å². The summed E-state index contributed by atoms with van der Waals surface area (Å²) >= 11 is 9.11. The molecule has 4 aromatic rings. The van der Waals surface area contributed by atoms with E-state index in [0.29, 0.717) is 24.5 Å². The van der Waals surface area contributed by atoms with Gasteiger partial charge in [0.15, 0.2) is 9.95 Å². The zero-order valence-electron chi connectivity index (χ0n) is 30.1. The summed E-state index contributed by atoms with van der Waals surface area (Å²) in [5.74, 6) is 0.0550. The second-order valence-electron chi connectivity index (χ2n) is 10.9. The number of amides is 1. The molecule has 1 amide bonds. The van der Waals surface area contributed by atoms with E-state index in [4.69, 9.17) is 22.4 Å². The van der Waals surface area contributed by atoms with Crippen LogP contribution in [0.3, 0.4) is 0 Å². The molecule has 0 aliphatic rings. The van der Waals surface area contributed by atoms with Gasteiger partial charge in [0, 0.05) is 61.0 Å². The number of benzene rings is 4. The van der Waals surface area contributed by atoms with Crippen LogP contribution in [0.25, 0.3) is 9.95 Å². The molecule has 23 heteroatoms. The van der Waals surface area contributed by atoms with E-state index in [9.17, 15) is 46.8 Å². The monoisotopic (exact) mass is 905 g/mol. The van der Waals surface area contributed by atoms with E-state index in [-0.39, 0.29) is 15.3 Å². The molecule has 56 heavy (non-hydrogen) atoms. The smallest absolute Gasteiger partial charge is 1.00 e. The Labute approximate surface area is 329 Å². The van der Waals surface area contributed by atoms with Crippen LogP contribution in [0.5, 0.6) is 0 Å². The molecule has 0 atom stereocenters. The molecule has 0 spiro atoms. The van der Waals surface area contributed by atoms with Crippen molar-refractivity contribution >= 4 is 68.7 Å². The zero-order valence-corrected chi connectivity index (χ0v) is 34.3. The Bertz CT molecular complexity index is 1960. The van der Waals surface area contributed by atoms with Crippen molar-refractivity contribution in [2.45, 2.75) is 61.1 Å². The standard InChI is InChI=1S/C19H22N3OS.C14H12ClN2S.2F5P.2FH/c1-5-22(6-2)19(23)15-9-7-8-10-17(15)24-18-12-13(3)16(21-20)11-14(18)4;1-9-8-14(10(2)7-13(9)17-16)18-12-5-3-11(15)4-6-12;2*1-6(2,3,4)5;;/h7-12H,5-6H2,1-4H3;3-8H,1-2H3;;;2*1H/q2*+1;;;;/p-2. The van der Waals surface area contributed by atoms with Gasteiger partial charge in [-0.05, 0) is 101 Å². The van der Waals surface area contributed by atoms with Gasteiger partial charge in [-0.3, -0.25) is 4.79 Å². The number of carbonyl (C=O) groups is 1. The van der Waals surface area contributed by atoms with Crippen LogP contribution < -0.4 is 9.41 Å². The van der Waals surface area contributed by atoms with Crippen LogP contribution in [-0.2, 0) is 0 Å². The van der Waals surface area contributed by atoms with E-state index in [0.717, 1.165) is 52.4 Å². The van der Waals surface area contributed by atoms with Crippen molar-refractivity contribution in [1.29, 1.82) is 10.8 Å². The Balaban J connectivity index is 0. The summed E-state index contributed by atoms with van der Waals surface area (Å²) in [6, 6.07) is 23.2. The first-order valence-electron chi connectivity index (χ1n) is 15.2. The summed E-state index contributed by atoms with van der Waals surface area (Å²) in [6.07, 6.45) is 0. The largest absolute Gasteiger partial charge is 1.00 e. The van der Waals surface area contributed by atoms with Crippen LogP contribution in [0.2, 0.25) is 5.02 Å². The molecule has 6 nitrogen and oxygen atoms in total. The molecule has 0 saturated heterocycles. The third-order valence-corrected chi connectivity index (χ3v) is 9.29. The summed E-state index contributed by atoms with van der Waals surface area (Å²) in [6.45, 7) is 13.2. The maximum atomic E-state index is 12.7. The predicted octanol–water partition coefficient (Wildman–Crippen LogP) is 10.9. The second kappa shape index (κ2) is 22.2. The summed E-state index contributed by atoms with van der Waals surface area (Å²) in [4.78, 5) is 25.4. The van der Waals surface area contributed by atoms with Gasteiger partial charge in [-0.25, -0.2) is 0 Å². The second-order valence-corrected chi connectivity index (χ2v) is 16.1. The number of diazo groups is 2. The van der Waals surface area contributed by atoms with E-state index in [1.165, 1.54) is 0 Å². The summed E-state index contributed by atoms with van der Waals surface area (Å²) in [5.41, 5.74) is 5.88. The van der Waals surface area contributed by atoms with Crippen molar-refractivity contribution in [3.05, 3.63) is 116 Å². The van der Waals surface area contributed by atoms with Crippen molar-refractivity contribution in [3.63, 3.8) is 0 Å². The molecule has 0 aromatic heterocycles. The Morgan fingerprint density at radius 1 is 0.625 bits per heavy atom. The fraction of sp³-hybridized carbons (Fsp3) is 0.242. The fourth-order valence-electron chi connectivity index (χ4n) is 4.15. The summed E-state index contributed by atoms with van der Waals surface area (Å²) < 4.78 is 98.4. The van der Waals surface area contributed by atoms with Crippen LogP contribution in [0.4, 0.5) is 53.3 Å². The molecule has 0 radical (unpaired) electrons. The van der Waals surface area contributed by atoms with Gasteiger partial charge in [0.2, 0.25) is 10.8 Å². The quantitative estimate of drug-likeness (QED) is 0.105. The minimum absolute atomic E-state index is 0. The molecule has 0 aliphatic heterocycles. The molecule has 0 unspecified atom stereocenters. The van der Waals surface area contributed by atoms with Gasteiger partial charge in [-0.2, -0.15) is 0 Å². The van der Waals surface area contributed by atoms with E-state index in [2.05, 4.69) is 9.95 Å². The van der Waals surface area contributed by atoms with Gasteiger partial charge in [0.25, 0.3) is 5.91 Å². The molecule has 0 N–H and O–H groups in total. The molecule has 0 fully saturated rings. The Kier molecular flexibility index (Phi) is 21.5. The van der Waals surface area contributed by atoms with Gasteiger partial charge in [0.1, 0.15) is 0 Å². The number of aryl methyl sites for hydroxylation is 4. The average Bonchev–Trinajstić information content (AvgIpc) is 3.04. The molecule has 0 heterocycles. The predicted molar refractivity (Wildman–Crippen MR) is 200 cm³/mol. The Morgan fingerprint density at radius 2 is 1.00 bits per heavy atom. The number of halogens is 13. The molecule has 0 saturated carbocycles. The molecule has 4 rings (SSSR count). The zero-order chi connectivity index (χ0) is 41.7. The Morgan fingerprint density at radius 3 is 1.38 bits per heavy atom. The Hall–Kier alpha value is -3.80. The van der Waals surface area contributed by atoms with Gasteiger partial charge < -0.3 is 14.3 Å². The van der Waals surface area contributed by atoms with E-state index >= 15 is 0 Å². The van der Waals surface area contributed by atoms with Crippen molar-refractivity contribution < 1.29 is 56.2 Å². The summed E-state index contributed by atoms with van der Waals surface area (Å²) in [5, 5.41) is 18.6. The van der Waals surface area contributed by atoms with Crippen LogP contribution >= 0.6 is 51.4 Å². The van der Waals surface area contributed by atoms with Gasteiger partial charge in [-0.1, -0.05) is 47.3 Å². The minimum Gasteiger partial charge on any atom is -1.00 e. The summed E-state index contributed by atoms with van der Waals surface area (Å²) in [7, 11) is -17.1. The number of hydrogen-bond acceptors (Lipinski definition) is 5. The van der Waals surface area contributed by atoms with Crippen LogP contribution in [0, 0.1) is 38.5 Å². The van der Waals surface area contributed by atoms with Crippen LogP contribution in [0.1, 0.15) is 46.5 Å². The number of rotatable bonds is 7. The van der Waals surface area contributed by atoms with Gasteiger partial charge in [-0.15, -0.1) is 0 Å². The molecular weight excluding hydrogens is 872 g/mol. The van der Waals surface area contributed by atoms with Crippen molar-refractivity contribution in [2.24, 2.45) is 0 Å². The van der Waals surface area contributed by atoms with E-state index in [1.807, 2.05) is 119 Å². The molecule has 0 bridgehead atoms. The fourth-order valence-corrected chi connectivity index (χ4v) is 6.36. The van der Waals surface area contributed by atoms with Gasteiger partial charge in [0.05, 0.1) is 5.56 Å². The average molecular weight is 906 g/mol. The van der Waals surface area contributed by atoms with Crippen molar-refractivity contribution in [3.8, 4) is 0 Å². The van der Waals surface area contributed by atoms with Crippen LogP contribution in [0.15, 0.2) is 92.4 Å². The topological polar surface area (TPSA) is 76.6 Å². The first kappa shape index (κ1) is 54.3. The van der Waals surface area contributed by atoms with Crippen LogP contribution in [-0.4, -0.2) is 23.9 Å². The minimum atomic E-state index is -8.55. The third-order valence-electron chi connectivity index (χ3n) is 6.63. The molecule has 310 valence electrons. The number of hydrogen-bond donors (Lipinski definition) is 0. The van der Waals surface area contributed by atoms with Gasteiger partial charge >= 0.3 is 69.7 Å². The number of nitrogens with zero attached hydrogens (tertiary/aromatic N) is 5. The third kappa shape index (κ3) is 22.7.